The van der Waals surface area contributed by atoms with Crippen LogP contribution in [0.1, 0.15) is 37.9 Å². The molecule has 0 bridgehead atoms. The van der Waals surface area contributed by atoms with E-state index in [1.165, 1.54) is 0 Å². The van der Waals surface area contributed by atoms with Crippen LogP contribution in [0.15, 0.2) is 48.5 Å². The summed E-state index contributed by atoms with van der Waals surface area (Å²) in [6, 6.07) is 13.5. The number of halogens is 1. The van der Waals surface area contributed by atoms with Crippen LogP contribution < -0.4 is 0 Å². The molecule has 0 fully saturated rings. The SMILES string of the molecule is O=C1O[C@H]([C@]2(F)Cc3ccccc3C2=O)c2ccccc21. The highest BCUT2D eigenvalue weighted by atomic mass is 19.1. The average Bonchev–Trinajstić information content (AvgIpc) is 2.97. The first-order valence-corrected chi connectivity index (χ1v) is 6.73. The molecule has 0 aromatic heterocycles. The maximum atomic E-state index is 15.4. The van der Waals surface area contributed by atoms with Crippen LogP contribution in [0.5, 0.6) is 0 Å². The van der Waals surface area contributed by atoms with Crippen LogP contribution in [-0.4, -0.2) is 17.4 Å². The second kappa shape index (κ2) is 4.01. The van der Waals surface area contributed by atoms with E-state index in [2.05, 4.69) is 0 Å². The number of Topliss-reactive ketones (excluding diaryl/α,β-unsaturated/α-hetero) is 1. The fraction of sp³-hybridized carbons (Fsp3) is 0.176. The Balaban J connectivity index is 1.83. The number of fused-ring (bicyclic) bond motifs is 2. The van der Waals surface area contributed by atoms with Crippen molar-refractivity contribution in [3.8, 4) is 0 Å². The number of carbonyl (C=O) groups is 2. The van der Waals surface area contributed by atoms with Gasteiger partial charge in [0.15, 0.2) is 6.10 Å². The zero-order valence-corrected chi connectivity index (χ0v) is 11.0. The van der Waals surface area contributed by atoms with Crippen molar-refractivity contribution >= 4 is 11.8 Å². The van der Waals surface area contributed by atoms with Crippen LogP contribution in [0.3, 0.4) is 0 Å². The summed E-state index contributed by atoms with van der Waals surface area (Å²) >= 11 is 0. The Morgan fingerprint density at radius 3 is 2.43 bits per heavy atom. The number of ketones is 1. The lowest BCUT2D eigenvalue weighted by molar-refractivity contribution is -0.0149. The number of hydrogen-bond donors (Lipinski definition) is 0. The Hall–Kier alpha value is -2.49. The van der Waals surface area contributed by atoms with Gasteiger partial charge in [0.2, 0.25) is 11.5 Å². The van der Waals surface area contributed by atoms with E-state index >= 15 is 4.39 Å². The third-order valence-corrected chi connectivity index (χ3v) is 4.19. The molecule has 1 aliphatic carbocycles. The third kappa shape index (κ3) is 1.53. The van der Waals surface area contributed by atoms with Crippen molar-refractivity contribution in [2.45, 2.75) is 18.2 Å². The summed E-state index contributed by atoms with van der Waals surface area (Å²) < 4.78 is 20.6. The monoisotopic (exact) mass is 282 g/mol. The summed E-state index contributed by atoms with van der Waals surface area (Å²) in [6.45, 7) is 0. The summed E-state index contributed by atoms with van der Waals surface area (Å²) in [4.78, 5) is 24.3. The van der Waals surface area contributed by atoms with Crippen molar-refractivity contribution in [1.82, 2.24) is 0 Å². The Kier molecular flexibility index (Phi) is 2.34. The zero-order valence-electron chi connectivity index (χ0n) is 11.0. The molecule has 0 saturated carbocycles. The van der Waals surface area contributed by atoms with E-state index in [-0.39, 0.29) is 6.42 Å². The molecule has 0 amide bonds. The molecule has 0 spiro atoms. The second-order valence-corrected chi connectivity index (χ2v) is 5.40. The van der Waals surface area contributed by atoms with Crippen molar-refractivity contribution in [3.05, 3.63) is 70.8 Å². The summed E-state index contributed by atoms with van der Waals surface area (Å²) in [7, 11) is 0. The molecule has 21 heavy (non-hydrogen) atoms. The van der Waals surface area contributed by atoms with Gasteiger partial charge < -0.3 is 4.74 Å². The summed E-state index contributed by atoms with van der Waals surface area (Å²) in [5.41, 5.74) is -0.397. The van der Waals surface area contributed by atoms with Crippen molar-refractivity contribution in [2.24, 2.45) is 0 Å². The molecule has 0 N–H and O–H groups in total. The zero-order chi connectivity index (χ0) is 14.6. The first kappa shape index (κ1) is 12.3. The first-order valence-electron chi connectivity index (χ1n) is 6.73. The molecule has 2 aromatic carbocycles. The van der Waals surface area contributed by atoms with Crippen molar-refractivity contribution in [2.75, 3.05) is 0 Å². The summed E-state index contributed by atoms with van der Waals surface area (Å²) in [6.07, 6.45) is -1.23. The maximum absolute atomic E-state index is 15.4. The number of rotatable bonds is 1. The number of cyclic esters (lactones) is 1. The molecule has 2 aliphatic rings. The van der Waals surface area contributed by atoms with Crippen LogP contribution in [0, 0.1) is 0 Å². The fourth-order valence-corrected chi connectivity index (χ4v) is 3.17. The maximum Gasteiger partial charge on any atom is 0.339 e. The predicted octanol–water partition coefficient (Wildman–Crippen LogP) is 3.05. The molecule has 3 nitrogen and oxygen atoms in total. The lowest BCUT2D eigenvalue weighted by Crippen LogP contribution is -2.38. The van der Waals surface area contributed by atoms with Gasteiger partial charge in [0.05, 0.1) is 5.56 Å². The molecular weight excluding hydrogens is 271 g/mol. The van der Waals surface area contributed by atoms with Crippen LogP contribution in [0.25, 0.3) is 0 Å². The first-order chi connectivity index (χ1) is 10.1. The highest BCUT2D eigenvalue weighted by Crippen LogP contribution is 2.47. The van der Waals surface area contributed by atoms with Crippen LogP contribution in [0.2, 0.25) is 0 Å². The molecule has 4 heteroatoms. The van der Waals surface area contributed by atoms with Crippen molar-refractivity contribution in [3.63, 3.8) is 0 Å². The van der Waals surface area contributed by atoms with E-state index in [1.807, 2.05) is 0 Å². The minimum atomic E-state index is -2.22. The molecule has 1 aliphatic heterocycles. The molecule has 0 saturated heterocycles. The lowest BCUT2D eigenvalue weighted by atomic mass is 9.88. The van der Waals surface area contributed by atoms with Gasteiger partial charge in [-0.15, -0.1) is 0 Å². The molecule has 0 radical (unpaired) electrons. The molecule has 4 rings (SSSR count). The van der Waals surface area contributed by atoms with E-state index in [1.54, 1.807) is 48.5 Å². The molecular formula is C17H11FO3. The van der Waals surface area contributed by atoms with Crippen molar-refractivity contribution < 1.29 is 18.7 Å². The third-order valence-electron chi connectivity index (χ3n) is 4.19. The van der Waals surface area contributed by atoms with Gasteiger partial charge in [-0.2, -0.15) is 0 Å². The van der Waals surface area contributed by atoms with E-state index in [4.69, 9.17) is 4.74 Å². The van der Waals surface area contributed by atoms with Gasteiger partial charge in [0.25, 0.3) is 0 Å². The van der Waals surface area contributed by atoms with E-state index in [0.717, 1.165) is 0 Å². The van der Waals surface area contributed by atoms with Gasteiger partial charge >= 0.3 is 5.97 Å². The van der Waals surface area contributed by atoms with Gasteiger partial charge in [-0.05, 0) is 11.6 Å². The number of ether oxygens (including phenoxy) is 1. The topological polar surface area (TPSA) is 43.4 Å². The van der Waals surface area contributed by atoms with E-state index in [9.17, 15) is 9.59 Å². The Bertz CT molecular complexity index is 783. The highest BCUT2D eigenvalue weighted by molar-refractivity contribution is 6.08. The van der Waals surface area contributed by atoms with E-state index in [0.29, 0.717) is 22.3 Å². The molecule has 0 unspecified atom stereocenters. The average molecular weight is 282 g/mol. The number of hydrogen-bond acceptors (Lipinski definition) is 3. The smallest absolute Gasteiger partial charge is 0.339 e. The Morgan fingerprint density at radius 1 is 1.00 bits per heavy atom. The Labute approximate surface area is 120 Å². The van der Waals surface area contributed by atoms with Gasteiger partial charge in [-0.3, -0.25) is 4.79 Å². The molecule has 2 aromatic rings. The van der Waals surface area contributed by atoms with Crippen LogP contribution in [0.4, 0.5) is 4.39 Å². The normalized spacial score (nSPS) is 26.4. The van der Waals surface area contributed by atoms with Gasteiger partial charge in [0.1, 0.15) is 0 Å². The summed E-state index contributed by atoms with van der Waals surface area (Å²) in [5.74, 6) is -1.18. The van der Waals surface area contributed by atoms with Gasteiger partial charge in [-0.25, -0.2) is 9.18 Å². The number of alkyl halides is 1. The highest BCUT2D eigenvalue weighted by Gasteiger charge is 2.57. The minimum absolute atomic E-state index is 0.0612. The molecule has 104 valence electrons. The van der Waals surface area contributed by atoms with Gasteiger partial charge in [0, 0.05) is 17.5 Å². The van der Waals surface area contributed by atoms with Crippen molar-refractivity contribution in [1.29, 1.82) is 0 Å². The number of esters is 1. The standard InChI is InChI=1S/C17H11FO3/c18-17(9-10-5-1-2-6-11(10)14(17)19)15-12-7-3-4-8-13(12)16(20)21-15/h1-8,15H,9H2/t15-,17-/m0/s1. The minimum Gasteiger partial charge on any atom is -0.450 e. The quantitative estimate of drug-likeness (QED) is 0.755. The largest absolute Gasteiger partial charge is 0.450 e. The van der Waals surface area contributed by atoms with Crippen LogP contribution in [-0.2, 0) is 11.2 Å². The van der Waals surface area contributed by atoms with E-state index < -0.39 is 23.5 Å². The Morgan fingerprint density at radius 2 is 1.67 bits per heavy atom. The molecule has 1 heterocycles. The molecule has 2 atom stereocenters. The summed E-state index contributed by atoms with van der Waals surface area (Å²) in [5, 5.41) is 0. The van der Waals surface area contributed by atoms with Gasteiger partial charge in [-0.1, -0.05) is 42.5 Å². The fourth-order valence-electron chi connectivity index (χ4n) is 3.17. The number of benzene rings is 2. The lowest BCUT2D eigenvalue weighted by Gasteiger charge is -2.24. The number of carbonyl (C=O) groups excluding carboxylic acids is 2. The van der Waals surface area contributed by atoms with Crippen LogP contribution >= 0.6 is 0 Å². The predicted molar refractivity (Wildman–Crippen MR) is 72.9 cm³/mol. The second-order valence-electron chi connectivity index (χ2n) is 5.40.